The van der Waals surface area contributed by atoms with E-state index in [1.54, 1.807) is 12.1 Å². The average molecular weight is 322 g/mol. The minimum absolute atomic E-state index is 0.417. The standard InChI is InChI=1S/C16H14ClF2N3/c17-11-4-2-10(3-5-11)16-21-14-8-12(18)13(19)9-15(14)22(16)7-1-6-20/h2-5,8-9H,1,6-7,20H2. The van der Waals surface area contributed by atoms with Crippen LogP contribution in [0.25, 0.3) is 22.4 Å². The lowest BCUT2D eigenvalue weighted by atomic mass is 10.2. The van der Waals surface area contributed by atoms with Gasteiger partial charge in [0.25, 0.3) is 0 Å². The second kappa shape index (κ2) is 6.02. The van der Waals surface area contributed by atoms with E-state index in [2.05, 4.69) is 4.98 Å². The summed E-state index contributed by atoms with van der Waals surface area (Å²) in [5.41, 5.74) is 7.37. The highest BCUT2D eigenvalue weighted by Crippen LogP contribution is 2.27. The van der Waals surface area contributed by atoms with Crippen molar-refractivity contribution >= 4 is 22.6 Å². The van der Waals surface area contributed by atoms with Crippen LogP contribution in [0.4, 0.5) is 8.78 Å². The number of benzene rings is 2. The summed E-state index contributed by atoms with van der Waals surface area (Å²) in [6, 6.07) is 9.45. The summed E-state index contributed by atoms with van der Waals surface area (Å²) in [6.45, 7) is 1.08. The van der Waals surface area contributed by atoms with E-state index in [9.17, 15) is 8.78 Å². The summed E-state index contributed by atoms with van der Waals surface area (Å²) in [4.78, 5) is 4.44. The van der Waals surface area contributed by atoms with Crippen LogP contribution in [-0.4, -0.2) is 16.1 Å². The van der Waals surface area contributed by atoms with Gasteiger partial charge in [-0.15, -0.1) is 0 Å². The summed E-state index contributed by atoms with van der Waals surface area (Å²) in [5, 5.41) is 0.616. The lowest BCUT2D eigenvalue weighted by molar-refractivity contribution is 0.510. The van der Waals surface area contributed by atoms with Crippen LogP contribution in [0.2, 0.25) is 5.02 Å². The van der Waals surface area contributed by atoms with E-state index in [4.69, 9.17) is 17.3 Å². The third-order valence-electron chi connectivity index (χ3n) is 3.48. The molecular formula is C16H14ClF2N3. The number of aryl methyl sites for hydroxylation is 1. The van der Waals surface area contributed by atoms with Gasteiger partial charge >= 0.3 is 0 Å². The SMILES string of the molecule is NCCCn1c(-c2ccc(Cl)cc2)nc2cc(F)c(F)cc21. The number of nitrogens with two attached hydrogens (primary N) is 1. The van der Waals surface area contributed by atoms with Gasteiger partial charge in [0.15, 0.2) is 11.6 Å². The Morgan fingerprint density at radius 2 is 1.77 bits per heavy atom. The molecule has 3 aromatic rings. The first-order valence-electron chi connectivity index (χ1n) is 6.91. The number of rotatable bonds is 4. The average Bonchev–Trinajstić information content (AvgIpc) is 2.84. The van der Waals surface area contributed by atoms with Crippen LogP contribution in [0.3, 0.4) is 0 Å². The molecule has 0 aliphatic carbocycles. The van der Waals surface area contributed by atoms with Crippen LogP contribution in [0.5, 0.6) is 0 Å². The van der Waals surface area contributed by atoms with Crippen molar-refractivity contribution < 1.29 is 8.78 Å². The van der Waals surface area contributed by atoms with E-state index in [0.717, 1.165) is 11.6 Å². The molecule has 0 aliphatic heterocycles. The van der Waals surface area contributed by atoms with Crippen molar-refractivity contribution in [3.63, 3.8) is 0 Å². The minimum atomic E-state index is -0.904. The van der Waals surface area contributed by atoms with Gasteiger partial charge in [-0.2, -0.15) is 0 Å². The maximum Gasteiger partial charge on any atom is 0.161 e. The summed E-state index contributed by atoms with van der Waals surface area (Å²) < 4.78 is 28.8. The number of fused-ring (bicyclic) bond motifs is 1. The molecule has 0 saturated heterocycles. The Kier molecular flexibility index (Phi) is 4.09. The van der Waals surface area contributed by atoms with Gasteiger partial charge in [0.05, 0.1) is 11.0 Å². The fraction of sp³-hybridized carbons (Fsp3) is 0.188. The number of imidazole rings is 1. The summed E-state index contributed by atoms with van der Waals surface area (Å²) >= 11 is 5.90. The minimum Gasteiger partial charge on any atom is -0.330 e. The lowest BCUT2D eigenvalue weighted by Gasteiger charge is -2.09. The molecule has 0 saturated carbocycles. The van der Waals surface area contributed by atoms with E-state index in [0.29, 0.717) is 41.4 Å². The molecule has 0 spiro atoms. The maximum atomic E-state index is 13.6. The number of hydrogen-bond acceptors (Lipinski definition) is 2. The molecule has 6 heteroatoms. The molecule has 1 aromatic heterocycles. The zero-order valence-electron chi connectivity index (χ0n) is 11.7. The smallest absolute Gasteiger partial charge is 0.161 e. The monoisotopic (exact) mass is 321 g/mol. The summed E-state index contributed by atoms with van der Waals surface area (Å²) in [5.74, 6) is -1.15. The molecule has 0 amide bonds. The largest absolute Gasteiger partial charge is 0.330 e. The van der Waals surface area contributed by atoms with Gasteiger partial charge in [0.2, 0.25) is 0 Å². The highest BCUT2D eigenvalue weighted by Gasteiger charge is 2.15. The van der Waals surface area contributed by atoms with Gasteiger partial charge in [-0.1, -0.05) is 11.6 Å². The van der Waals surface area contributed by atoms with Crippen molar-refractivity contribution in [3.8, 4) is 11.4 Å². The second-order valence-electron chi connectivity index (χ2n) is 4.99. The van der Waals surface area contributed by atoms with Crippen molar-refractivity contribution in [3.05, 3.63) is 53.1 Å². The highest BCUT2D eigenvalue weighted by atomic mass is 35.5. The first kappa shape index (κ1) is 14.9. The van der Waals surface area contributed by atoms with Crippen LogP contribution in [0.1, 0.15) is 6.42 Å². The molecule has 2 aromatic carbocycles. The molecule has 0 radical (unpaired) electrons. The maximum absolute atomic E-state index is 13.6. The van der Waals surface area contributed by atoms with Gasteiger partial charge in [0, 0.05) is 29.3 Å². The molecule has 0 aliphatic rings. The predicted octanol–water partition coefficient (Wildman–Crippen LogP) is 3.98. The number of hydrogen-bond donors (Lipinski definition) is 1. The Hall–Kier alpha value is -1.98. The Bertz CT molecular complexity index is 812. The molecular weight excluding hydrogens is 308 g/mol. The third kappa shape index (κ3) is 2.69. The van der Waals surface area contributed by atoms with Crippen LogP contribution < -0.4 is 5.73 Å². The lowest BCUT2D eigenvalue weighted by Crippen LogP contribution is -2.07. The zero-order valence-corrected chi connectivity index (χ0v) is 12.4. The first-order valence-corrected chi connectivity index (χ1v) is 7.29. The number of halogens is 3. The third-order valence-corrected chi connectivity index (χ3v) is 3.73. The van der Waals surface area contributed by atoms with E-state index in [-0.39, 0.29) is 0 Å². The van der Waals surface area contributed by atoms with Crippen molar-refractivity contribution in [2.45, 2.75) is 13.0 Å². The number of nitrogens with zero attached hydrogens (tertiary/aromatic N) is 2. The molecule has 114 valence electrons. The normalized spacial score (nSPS) is 11.3. The van der Waals surface area contributed by atoms with Crippen molar-refractivity contribution in [2.24, 2.45) is 5.73 Å². The fourth-order valence-corrected chi connectivity index (χ4v) is 2.54. The van der Waals surface area contributed by atoms with Crippen molar-refractivity contribution in [2.75, 3.05) is 6.54 Å². The second-order valence-corrected chi connectivity index (χ2v) is 5.43. The number of aromatic nitrogens is 2. The summed E-state index contributed by atoms with van der Waals surface area (Å²) in [7, 11) is 0. The Morgan fingerprint density at radius 3 is 2.45 bits per heavy atom. The van der Waals surface area contributed by atoms with Crippen LogP contribution >= 0.6 is 11.6 Å². The van der Waals surface area contributed by atoms with Crippen LogP contribution in [-0.2, 0) is 6.54 Å². The molecule has 3 nitrogen and oxygen atoms in total. The molecule has 2 N–H and O–H groups in total. The van der Waals surface area contributed by atoms with Gasteiger partial charge < -0.3 is 10.3 Å². The van der Waals surface area contributed by atoms with Gasteiger partial charge in [-0.25, -0.2) is 13.8 Å². The van der Waals surface area contributed by atoms with Gasteiger partial charge in [-0.3, -0.25) is 0 Å². The molecule has 1 heterocycles. The molecule has 0 fully saturated rings. The Labute approximate surface area is 131 Å². The topological polar surface area (TPSA) is 43.8 Å². The molecule has 22 heavy (non-hydrogen) atoms. The van der Waals surface area contributed by atoms with E-state index >= 15 is 0 Å². The quantitative estimate of drug-likeness (QED) is 0.789. The molecule has 0 unspecified atom stereocenters. The van der Waals surface area contributed by atoms with Gasteiger partial charge in [-0.05, 0) is 37.2 Å². The first-order chi connectivity index (χ1) is 10.6. The van der Waals surface area contributed by atoms with Gasteiger partial charge in [0.1, 0.15) is 5.82 Å². The fourth-order valence-electron chi connectivity index (χ4n) is 2.42. The molecule has 3 rings (SSSR count). The molecule has 0 bridgehead atoms. The van der Waals surface area contributed by atoms with Crippen molar-refractivity contribution in [1.82, 2.24) is 9.55 Å². The highest BCUT2D eigenvalue weighted by molar-refractivity contribution is 6.30. The summed E-state index contributed by atoms with van der Waals surface area (Å²) in [6.07, 6.45) is 0.713. The van der Waals surface area contributed by atoms with Crippen LogP contribution in [0, 0.1) is 11.6 Å². The van der Waals surface area contributed by atoms with E-state index < -0.39 is 11.6 Å². The predicted molar refractivity (Wildman–Crippen MR) is 83.8 cm³/mol. The van der Waals surface area contributed by atoms with Crippen LogP contribution in [0.15, 0.2) is 36.4 Å². The van der Waals surface area contributed by atoms with E-state index in [1.165, 1.54) is 6.07 Å². The molecule has 0 atom stereocenters. The zero-order chi connectivity index (χ0) is 15.7. The van der Waals surface area contributed by atoms with Crippen molar-refractivity contribution in [1.29, 1.82) is 0 Å². The van der Waals surface area contributed by atoms with E-state index in [1.807, 2.05) is 16.7 Å². The Morgan fingerprint density at radius 1 is 1.09 bits per heavy atom. The Balaban J connectivity index is 2.21.